The Morgan fingerprint density at radius 2 is 2.04 bits per heavy atom. The molecule has 0 spiro atoms. The molecule has 0 aliphatic carbocycles. The van der Waals surface area contributed by atoms with Crippen molar-refractivity contribution in [3.63, 3.8) is 0 Å². The van der Waals surface area contributed by atoms with Crippen LogP contribution in [-0.4, -0.2) is 56.8 Å². The number of piperidine rings is 1. The van der Waals surface area contributed by atoms with Gasteiger partial charge in [0, 0.05) is 50.5 Å². The fourth-order valence-electron chi connectivity index (χ4n) is 4.49. The molecule has 1 aromatic rings. The average molecular weight is 345 g/mol. The summed E-state index contributed by atoms with van der Waals surface area (Å²) < 4.78 is 2.39. The van der Waals surface area contributed by atoms with Crippen molar-refractivity contribution in [1.82, 2.24) is 19.4 Å². The maximum Gasteiger partial charge on any atom is 0.223 e. The number of aryl methyl sites for hydroxylation is 1. The van der Waals surface area contributed by atoms with E-state index in [4.69, 9.17) is 5.73 Å². The molecule has 0 bridgehead atoms. The van der Waals surface area contributed by atoms with Crippen molar-refractivity contribution in [2.24, 2.45) is 11.7 Å². The van der Waals surface area contributed by atoms with E-state index in [-0.39, 0.29) is 30.2 Å². The van der Waals surface area contributed by atoms with Crippen LogP contribution in [-0.2, 0) is 29.1 Å². The van der Waals surface area contributed by atoms with E-state index < -0.39 is 0 Å². The van der Waals surface area contributed by atoms with Gasteiger partial charge < -0.3 is 15.2 Å². The number of carbonyl (C=O) groups excluding carboxylic acids is 2. The molecule has 4 heterocycles. The van der Waals surface area contributed by atoms with Gasteiger partial charge in [-0.15, -0.1) is 0 Å². The molecule has 2 amide bonds. The highest BCUT2D eigenvalue weighted by Crippen LogP contribution is 2.26. The monoisotopic (exact) mass is 345 g/mol. The second kappa shape index (κ2) is 6.78. The van der Waals surface area contributed by atoms with Crippen molar-refractivity contribution in [2.75, 3.05) is 19.6 Å². The third-order valence-corrected chi connectivity index (χ3v) is 6.01. The molecule has 7 nitrogen and oxygen atoms in total. The van der Waals surface area contributed by atoms with Crippen molar-refractivity contribution in [3.05, 3.63) is 17.7 Å². The Labute approximate surface area is 148 Å². The van der Waals surface area contributed by atoms with Crippen LogP contribution < -0.4 is 5.73 Å². The summed E-state index contributed by atoms with van der Waals surface area (Å²) in [7, 11) is 0. The van der Waals surface area contributed by atoms with Gasteiger partial charge in [0.2, 0.25) is 11.8 Å². The highest BCUT2D eigenvalue weighted by Gasteiger charge is 2.38. The average Bonchev–Trinajstić information content (AvgIpc) is 3.20. The quantitative estimate of drug-likeness (QED) is 0.862. The van der Waals surface area contributed by atoms with Crippen LogP contribution in [0.1, 0.15) is 43.6 Å². The van der Waals surface area contributed by atoms with Crippen molar-refractivity contribution in [2.45, 2.75) is 57.7 Å². The fourth-order valence-corrected chi connectivity index (χ4v) is 4.49. The van der Waals surface area contributed by atoms with Gasteiger partial charge in [-0.1, -0.05) is 0 Å². The standard InChI is InChI=1S/C18H27N5O2/c19-18(25)13-9-17(24)23(11-13)14-4-7-21(8-5-14)12-16-20-10-15-3-1-2-6-22(15)16/h10,13-14H,1-9,11-12H2,(H2,19,25). The topological polar surface area (TPSA) is 84.5 Å². The summed E-state index contributed by atoms with van der Waals surface area (Å²) in [6.07, 6.45) is 7.91. The number of hydrogen-bond donors (Lipinski definition) is 1. The molecule has 25 heavy (non-hydrogen) atoms. The Hall–Kier alpha value is -1.89. The lowest BCUT2D eigenvalue weighted by Gasteiger charge is -2.36. The number of amides is 2. The van der Waals surface area contributed by atoms with Crippen molar-refractivity contribution >= 4 is 11.8 Å². The predicted molar refractivity (Wildman–Crippen MR) is 92.5 cm³/mol. The lowest BCUT2D eigenvalue weighted by Crippen LogP contribution is -2.45. The fraction of sp³-hybridized carbons (Fsp3) is 0.722. The number of fused-ring (bicyclic) bond motifs is 1. The molecule has 3 aliphatic rings. The zero-order chi connectivity index (χ0) is 17.4. The molecule has 2 fully saturated rings. The number of carbonyl (C=O) groups is 2. The van der Waals surface area contributed by atoms with Gasteiger partial charge in [-0.3, -0.25) is 14.5 Å². The normalized spacial score (nSPS) is 25.4. The highest BCUT2D eigenvalue weighted by atomic mass is 16.2. The predicted octanol–water partition coefficient (Wildman–Crippen LogP) is 0.518. The van der Waals surface area contributed by atoms with Gasteiger partial charge in [0.15, 0.2) is 0 Å². The first-order chi connectivity index (χ1) is 12.1. The van der Waals surface area contributed by atoms with Crippen molar-refractivity contribution in [3.8, 4) is 0 Å². The Morgan fingerprint density at radius 3 is 2.76 bits per heavy atom. The Bertz CT molecular complexity index is 662. The van der Waals surface area contributed by atoms with Crippen LogP contribution >= 0.6 is 0 Å². The summed E-state index contributed by atoms with van der Waals surface area (Å²) in [5, 5.41) is 0. The number of primary amides is 1. The zero-order valence-electron chi connectivity index (χ0n) is 14.7. The molecule has 2 N–H and O–H groups in total. The van der Waals surface area contributed by atoms with Gasteiger partial charge in [-0.05, 0) is 32.1 Å². The Balaban J connectivity index is 1.32. The van der Waals surface area contributed by atoms with Crippen LogP contribution in [0, 0.1) is 5.92 Å². The molecule has 1 aromatic heterocycles. The summed E-state index contributed by atoms with van der Waals surface area (Å²) in [5.74, 6) is 0.614. The summed E-state index contributed by atoms with van der Waals surface area (Å²) in [4.78, 5) is 32.5. The van der Waals surface area contributed by atoms with Gasteiger partial charge in [0.25, 0.3) is 0 Å². The first-order valence-electron chi connectivity index (χ1n) is 9.46. The van der Waals surface area contributed by atoms with Crippen molar-refractivity contribution in [1.29, 1.82) is 0 Å². The molecule has 0 saturated carbocycles. The van der Waals surface area contributed by atoms with E-state index >= 15 is 0 Å². The molecule has 7 heteroatoms. The molecule has 4 rings (SSSR count). The third-order valence-electron chi connectivity index (χ3n) is 6.01. The second-order valence-corrected chi connectivity index (χ2v) is 7.63. The summed E-state index contributed by atoms with van der Waals surface area (Å²) in [6, 6.07) is 0.252. The third kappa shape index (κ3) is 3.29. The lowest BCUT2D eigenvalue weighted by atomic mass is 10.0. The van der Waals surface area contributed by atoms with E-state index in [1.807, 2.05) is 11.1 Å². The number of imidazole rings is 1. The van der Waals surface area contributed by atoms with Crippen LogP contribution in [0.2, 0.25) is 0 Å². The molecule has 1 atom stereocenters. The minimum atomic E-state index is -0.350. The summed E-state index contributed by atoms with van der Waals surface area (Å²) >= 11 is 0. The van der Waals surface area contributed by atoms with Gasteiger partial charge >= 0.3 is 0 Å². The van der Waals surface area contributed by atoms with Crippen LogP contribution in [0.15, 0.2) is 6.20 Å². The maximum absolute atomic E-state index is 12.2. The molecule has 2 saturated heterocycles. The first-order valence-corrected chi connectivity index (χ1v) is 9.46. The maximum atomic E-state index is 12.2. The Kier molecular flexibility index (Phi) is 4.50. The summed E-state index contributed by atoms with van der Waals surface area (Å²) in [5.41, 5.74) is 6.74. The summed E-state index contributed by atoms with van der Waals surface area (Å²) in [6.45, 7) is 4.44. The van der Waals surface area contributed by atoms with Crippen LogP contribution in [0.25, 0.3) is 0 Å². The SMILES string of the molecule is NC(=O)C1CC(=O)N(C2CCN(Cc3ncc4n3CCCC4)CC2)C1. The van der Waals surface area contributed by atoms with E-state index in [2.05, 4.69) is 14.5 Å². The van der Waals surface area contributed by atoms with Gasteiger partial charge in [0.1, 0.15) is 5.82 Å². The van der Waals surface area contributed by atoms with E-state index in [9.17, 15) is 9.59 Å². The highest BCUT2D eigenvalue weighted by molar-refractivity contribution is 5.88. The number of nitrogens with zero attached hydrogens (tertiary/aromatic N) is 4. The van der Waals surface area contributed by atoms with Crippen LogP contribution in [0.4, 0.5) is 0 Å². The molecule has 0 aromatic carbocycles. The van der Waals surface area contributed by atoms with E-state index in [0.29, 0.717) is 6.54 Å². The first kappa shape index (κ1) is 16.6. The number of likely N-dealkylation sites (tertiary alicyclic amines) is 2. The molecule has 0 radical (unpaired) electrons. The smallest absolute Gasteiger partial charge is 0.223 e. The minimum absolute atomic E-state index is 0.0876. The second-order valence-electron chi connectivity index (χ2n) is 7.63. The molecule has 136 valence electrons. The zero-order valence-corrected chi connectivity index (χ0v) is 14.7. The number of aromatic nitrogens is 2. The van der Waals surface area contributed by atoms with Gasteiger partial charge in [-0.25, -0.2) is 4.98 Å². The van der Waals surface area contributed by atoms with Crippen LogP contribution in [0.5, 0.6) is 0 Å². The van der Waals surface area contributed by atoms with Gasteiger partial charge in [-0.2, -0.15) is 0 Å². The molecule has 3 aliphatic heterocycles. The largest absolute Gasteiger partial charge is 0.369 e. The minimum Gasteiger partial charge on any atom is -0.369 e. The molecule has 1 unspecified atom stereocenters. The number of hydrogen-bond acceptors (Lipinski definition) is 4. The number of nitrogens with two attached hydrogens (primary N) is 1. The van der Waals surface area contributed by atoms with E-state index in [0.717, 1.165) is 45.4 Å². The van der Waals surface area contributed by atoms with E-state index in [1.165, 1.54) is 24.4 Å². The lowest BCUT2D eigenvalue weighted by molar-refractivity contribution is -0.130. The van der Waals surface area contributed by atoms with Crippen molar-refractivity contribution < 1.29 is 9.59 Å². The number of rotatable bonds is 4. The molecular weight excluding hydrogens is 318 g/mol. The molecular formula is C18H27N5O2. The Morgan fingerprint density at radius 1 is 1.24 bits per heavy atom. The van der Waals surface area contributed by atoms with Gasteiger partial charge in [0.05, 0.1) is 12.5 Å². The van der Waals surface area contributed by atoms with E-state index in [1.54, 1.807) is 0 Å². The van der Waals surface area contributed by atoms with Crippen LogP contribution in [0.3, 0.4) is 0 Å².